The first kappa shape index (κ1) is 19.6. The van der Waals surface area contributed by atoms with E-state index in [1.54, 1.807) is 11.1 Å². The fourth-order valence-electron chi connectivity index (χ4n) is 5.81. The van der Waals surface area contributed by atoms with E-state index in [2.05, 4.69) is 74.5 Å². The standard InChI is InChI=1S/C30H34/c1-3-21-10-15-26(18-22(21)4-2)28-19-27-16-17-29(30(27)20-28)25-13-11-24(12-14-25)23-8-6-5-7-9-23/h10-18,20,23,30H,3-9,19H2,1-2H3. The van der Waals surface area contributed by atoms with E-state index in [1.165, 1.54) is 65.5 Å². The number of aryl methyl sites for hydroxylation is 2. The van der Waals surface area contributed by atoms with Crippen LogP contribution in [0.3, 0.4) is 0 Å². The van der Waals surface area contributed by atoms with Crippen LogP contribution in [0.5, 0.6) is 0 Å². The van der Waals surface area contributed by atoms with Gasteiger partial charge >= 0.3 is 0 Å². The number of fused-ring (bicyclic) bond motifs is 1. The summed E-state index contributed by atoms with van der Waals surface area (Å²) in [7, 11) is 0. The number of benzene rings is 2. The Morgan fingerprint density at radius 1 is 0.767 bits per heavy atom. The molecule has 2 aromatic carbocycles. The molecule has 0 heterocycles. The zero-order valence-corrected chi connectivity index (χ0v) is 18.6. The summed E-state index contributed by atoms with van der Waals surface area (Å²) in [6.45, 7) is 4.53. The van der Waals surface area contributed by atoms with E-state index >= 15 is 0 Å². The lowest BCUT2D eigenvalue weighted by Crippen LogP contribution is -2.04. The van der Waals surface area contributed by atoms with Crippen LogP contribution in [0.1, 0.15) is 86.1 Å². The van der Waals surface area contributed by atoms with Gasteiger partial charge in [-0.15, -0.1) is 0 Å². The Labute approximate surface area is 182 Å². The first-order chi connectivity index (χ1) is 14.8. The van der Waals surface area contributed by atoms with Gasteiger partial charge in [-0.3, -0.25) is 0 Å². The Bertz CT molecular complexity index is 1010. The Hall–Kier alpha value is -2.34. The lowest BCUT2D eigenvalue weighted by atomic mass is 9.83. The fraction of sp³-hybridized carbons (Fsp3) is 0.400. The van der Waals surface area contributed by atoms with Gasteiger partial charge in [0.05, 0.1) is 0 Å². The minimum Gasteiger partial charge on any atom is -0.0688 e. The molecule has 3 aliphatic rings. The molecule has 0 aromatic heterocycles. The van der Waals surface area contributed by atoms with Crippen molar-refractivity contribution in [3.05, 3.63) is 94.1 Å². The van der Waals surface area contributed by atoms with Crippen molar-refractivity contribution in [2.45, 2.75) is 71.1 Å². The van der Waals surface area contributed by atoms with Gasteiger partial charge in [-0.25, -0.2) is 0 Å². The summed E-state index contributed by atoms with van der Waals surface area (Å²) in [4.78, 5) is 0. The molecule has 1 fully saturated rings. The molecule has 2 aromatic rings. The highest BCUT2D eigenvalue weighted by Crippen LogP contribution is 2.46. The fourth-order valence-corrected chi connectivity index (χ4v) is 5.81. The minimum absolute atomic E-state index is 0.469. The van der Waals surface area contributed by atoms with Crippen molar-refractivity contribution in [1.29, 1.82) is 0 Å². The molecule has 0 bridgehead atoms. The van der Waals surface area contributed by atoms with E-state index in [1.807, 2.05) is 0 Å². The van der Waals surface area contributed by atoms with Crippen LogP contribution in [0, 0.1) is 5.92 Å². The molecule has 0 nitrogen and oxygen atoms in total. The van der Waals surface area contributed by atoms with Gasteiger partial charge in [-0.2, -0.15) is 0 Å². The second-order valence-electron chi connectivity index (χ2n) is 9.36. The van der Waals surface area contributed by atoms with Gasteiger partial charge in [0.2, 0.25) is 0 Å². The quantitative estimate of drug-likeness (QED) is 0.478. The highest BCUT2D eigenvalue weighted by atomic mass is 14.3. The van der Waals surface area contributed by atoms with Gasteiger partial charge in [0, 0.05) is 5.92 Å². The zero-order valence-electron chi connectivity index (χ0n) is 18.6. The lowest BCUT2D eigenvalue weighted by molar-refractivity contribution is 0.443. The van der Waals surface area contributed by atoms with Gasteiger partial charge in [0.15, 0.2) is 0 Å². The maximum absolute atomic E-state index is 2.53. The summed E-state index contributed by atoms with van der Waals surface area (Å²) in [5, 5.41) is 0. The topological polar surface area (TPSA) is 0 Å². The molecule has 30 heavy (non-hydrogen) atoms. The first-order valence-corrected chi connectivity index (χ1v) is 12.1. The monoisotopic (exact) mass is 394 g/mol. The summed E-state index contributed by atoms with van der Waals surface area (Å²) in [5.74, 6) is 1.26. The second-order valence-corrected chi connectivity index (χ2v) is 9.36. The molecule has 5 rings (SSSR count). The predicted octanol–water partition coefficient (Wildman–Crippen LogP) is 8.29. The first-order valence-electron chi connectivity index (χ1n) is 12.1. The maximum Gasteiger partial charge on any atom is 0.0246 e. The zero-order chi connectivity index (χ0) is 20.5. The molecule has 0 aliphatic heterocycles. The molecular formula is C30H34. The molecular weight excluding hydrogens is 360 g/mol. The Balaban J connectivity index is 1.36. The Morgan fingerprint density at radius 2 is 1.50 bits per heavy atom. The van der Waals surface area contributed by atoms with Crippen LogP contribution in [-0.2, 0) is 12.8 Å². The van der Waals surface area contributed by atoms with E-state index < -0.39 is 0 Å². The molecule has 0 radical (unpaired) electrons. The lowest BCUT2D eigenvalue weighted by Gasteiger charge is -2.22. The molecule has 0 spiro atoms. The van der Waals surface area contributed by atoms with Crippen LogP contribution in [-0.4, -0.2) is 0 Å². The molecule has 0 N–H and O–H groups in total. The van der Waals surface area contributed by atoms with Gasteiger partial charge in [0.25, 0.3) is 0 Å². The van der Waals surface area contributed by atoms with Crippen molar-refractivity contribution in [2.24, 2.45) is 5.92 Å². The summed E-state index contributed by atoms with van der Waals surface area (Å²) in [5.41, 5.74) is 11.9. The largest absolute Gasteiger partial charge is 0.0688 e. The third kappa shape index (κ3) is 3.62. The van der Waals surface area contributed by atoms with Crippen molar-refractivity contribution in [3.63, 3.8) is 0 Å². The van der Waals surface area contributed by atoms with Crippen LogP contribution < -0.4 is 0 Å². The molecule has 1 unspecified atom stereocenters. The van der Waals surface area contributed by atoms with Crippen LogP contribution >= 0.6 is 0 Å². The Morgan fingerprint density at radius 3 is 2.23 bits per heavy atom. The Kier molecular flexibility index (Phi) is 5.50. The summed E-state index contributed by atoms with van der Waals surface area (Å²) in [6, 6.07) is 16.7. The van der Waals surface area contributed by atoms with Crippen molar-refractivity contribution in [2.75, 3.05) is 0 Å². The summed E-state index contributed by atoms with van der Waals surface area (Å²) in [6.07, 6.45) is 17.6. The van der Waals surface area contributed by atoms with Crippen LogP contribution in [0.2, 0.25) is 0 Å². The van der Waals surface area contributed by atoms with Crippen molar-refractivity contribution < 1.29 is 0 Å². The van der Waals surface area contributed by atoms with E-state index in [-0.39, 0.29) is 0 Å². The van der Waals surface area contributed by atoms with E-state index in [0.717, 1.165) is 25.2 Å². The second kappa shape index (κ2) is 8.42. The summed E-state index contributed by atoms with van der Waals surface area (Å²) < 4.78 is 0. The highest BCUT2D eigenvalue weighted by molar-refractivity contribution is 5.85. The summed E-state index contributed by atoms with van der Waals surface area (Å²) >= 11 is 0. The van der Waals surface area contributed by atoms with Gasteiger partial charge in [-0.1, -0.05) is 99.4 Å². The molecule has 3 aliphatic carbocycles. The molecule has 1 atom stereocenters. The SMILES string of the molecule is CCc1ccc(C2=CC3C(=CC=C3c3ccc(C4CCCCC4)cc3)C2)cc1CC. The molecule has 154 valence electrons. The molecule has 0 amide bonds. The van der Waals surface area contributed by atoms with Gasteiger partial charge < -0.3 is 0 Å². The van der Waals surface area contributed by atoms with Crippen molar-refractivity contribution >= 4 is 11.1 Å². The third-order valence-corrected chi connectivity index (χ3v) is 7.63. The van der Waals surface area contributed by atoms with E-state index in [9.17, 15) is 0 Å². The van der Waals surface area contributed by atoms with Gasteiger partial charge in [-0.05, 0) is 77.0 Å². The van der Waals surface area contributed by atoms with Crippen LogP contribution in [0.4, 0.5) is 0 Å². The number of rotatable bonds is 5. The van der Waals surface area contributed by atoms with Crippen LogP contribution in [0.15, 0.2) is 66.3 Å². The number of allylic oxidation sites excluding steroid dienone is 6. The van der Waals surface area contributed by atoms with Crippen molar-refractivity contribution in [3.8, 4) is 0 Å². The number of hydrogen-bond donors (Lipinski definition) is 0. The normalized spacial score (nSPS) is 21.3. The highest BCUT2D eigenvalue weighted by Gasteiger charge is 2.29. The average Bonchev–Trinajstić information content (AvgIpc) is 3.40. The van der Waals surface area contributed by atoms with Crippen molar-refractivity contribution in [1.82, 2.24) is 0 Å². The van der Waals surface area contributed by atoms with Gasteiger partial charge in [0.1, 0.15) is 0 Å². The van der Waals surface area contributed by atoms with E-state index in [4.69, 9.17) is 0 Å². The molecule has 0 saturated heterocycles. The number of hydrogen-bond acceptors (Lipinski definition) is 0. The van der Waals surface area contributed by atoms with E-state index in [0.29, 0.717) is 5.92 Å². The average molecular weight is 395 g/mol. The molecule has 1 saturated carbocycles. The maximum atomic E-state index is 2.53. The third-order valence-electron chi connectivity index (χ3n) is 7.63. The molecule has 0 heteroatoms. The minimum atomic E-state index is 0.469. The predicted molar refractivity (Wildman–Crippen MR) is 130 cm³/mol. The van der Waals surface area contributed by atoms with Crippen LogP contribution in [0.25, 0.3) is 11.1 Å². The smallest absolute Gasteiger partial charge is 0.0246 e.